The Kier molecular flexibility index (Phi) is 6.46. The lowest BCUT2D eigenvalue weighted by atomic mass is 9.91. The number of ether oxygens (including phenoxy) is 2. The van der Waals surface area contributed by atoms with E-state index in [-0.39, 0.29) is 17.2 Å². The van der Waals surface area contributed by atoms with Crippen LogP contribution in [0.1, 0.15) is 22.0 Å². The van der Waals surface area contributed by atoms with Gasteiger partial charge < -0.3 is 35.2 Å². The highest BCUT2D eigenvalue weighted by molar-refractivity contribution is 5.94. The van der Waals surface area contributed by atoms with Crippen LogP contribution in [0.15, 0.2) is 42.5 Å². The molecule has 1 amide bonds. The molecule has 0 aromatic heterocycles. The van der Waals surface area contributed by atoms with Gasteiger partial charge in [-0.05, 0) is 36.4 Å². The first-order valence-electron chi connectivity index (χ1n) is 8.95. The molecule has 0 unspecified atom stereocenters. The molecule has 0 spiro atoms. The van der Waals surface area contributed by atoms with Crippen LogP contribution in [0.3, 0.4) is 0 Å². The zero-order chi connectivity index (χ0) is 21.1. The third-order valence-electron chi connectivity index (χ3n) is 4.73. The molecule has 1 fully saturated rings. The molecule has 2 aromatic carbocycles. The highest BCUT2D eigenvalue weighted by Gasteiger charge is 2.44. The summed E-state index contributed by atoms with van der Waals surface area (Å²) in [7, 11) is 1.50. The summed E-state index contributed by atoms with van der Waals surface area (Å²) in [6.07, 6.45) is -7.27. The average Bonchev–Trinajstić information content (AvgIpc) is 2.73. The monoisotopic (exact) mass is 407 g/mol. The summed E-state index contributed by atoms with van der Waals surface area (Å²) in [5.41, 5.74) is 0.267. The Morgan fingerprint density at radius 2 is 1.83 bits per heavy atom. The minimum absolute atomic E-state index is 0.109. The molecular formula is C20H22FNO7. The van der Waals surface area contributed by atoms with Gasteiger partial charge >= 0.3 is 0 Å². The van der Waals surface area contributed by atoms with E-state index >= 15 is 0 Å². The van der Waals surface area contributed by atoms with E-state index in [2.05, 4.69) is 5.32 Å². The first kappa shape index (κ1) is 21.2. The lowest BCUT2D eigenvalue weighted by Crippen LogP contribution is -2.55. The maximum Gasteiger partial charge on any atom is 0.251 e. The normalized spacial score (nSPS) is 26.8. The fourth-order valence-electron chi connectivity index (χ4n) is 3.14. The van der Waals surface area contributed by atoms with Crippen molar-refractivity contribution in [2.75, 3.05) is 13.7 Å². The number of nitrogens with one attached hydrogen (secondary N) is 1. The molecule has 1 aliphatic rings. The topological polar surface area (TPSA) is 128 Å². The zero-order valence-corrected chi connectivity index (χ0v) is 15.5. The van der Waals surface area contributed by atoms with Crippen LogP contribution in [-0.2, 0) is 4.74 Å². The van der Waals surface area contributed by atoms with Crippen molar-refractivity contribution in [3.63, 3.8) is 0 Å². The summed E-state index contributed by atoms with van der Waals surface area (Å²) in [6.45, 7) is -0.620. The number of carbonyl (C=O) groups excluding carboxylic acids is 1. The number of rotatable bonds is 5. The van der Waals surface area contributed by atoms with Crippen molar-refractivity contribution < 1.29 is 39.1 Å². The second-order valence-electron chi connectivity index (χ2n) is 6.64. The van der Waals surface area contributed by atoms with E-state index in [1.165, 1.54) is 25.2 Å². The molecule has 5 atom stereocenters. The van der Waals surface area contributed by atoms with E-state index in [0.717, 1.165) is 6.07 Å². The minimum atomic E-state index is -1.63. The maximum absolute atomic E-state index is 14.4. The van der Waals surface area contributed by atoms with Gasteiger partial charge in [-0.25, -0.2) is 4.39 Å². The Hall–Kier alpha value is -2.56. The van der Waals surface area contributed by atoms with Crippen LogP contribution in [0.5, 0.6) is 11.5 Å². The van der Waals surface area contributed by atoms with Gasteiger partial charge in [0.05, 0.1) is 6.61 Å². The van der Waals surface area contributed by atoms with Crippen molar-refractivity contribution >= 4 is 5.91 Å². The number of hydrogen-bond acceptors (Lipinski definition) is 7. The van der Waals surface area contributed by atoms with E-state index in [4.69, 9.17) is 9.47 Å². The van der Waals surface area contributed by atoms with Gasteiger partial charge in [0.15, 0.2) is 0 Å². The summed E-state index contributed by atoms with van der Waals surface area (Å²) in [5.74, 6) is -0.484. The van der Waals surface area contributed by atoms with Gasteiger partial charge in [-0.15, -0.1) is 0 Å². The van der Waals surface area contributed by atoms with Crippen molar-refractivity contribution in [2.45, 2.75) is 30.5 Å². The Morgan fingerprint density at radius 1 is 1.10 bits per heavy atom. The van der Waals surface area contributed by atoms with Gasteiger partial charge in [0.25, 0.3) is 5.91 Å². The van der Waals surface area contributed by atoms with Crippen molar-refractivity contribution in [1.82, 2.24) is 5.32 Å². The van der Waals surface area contributed by atoms with E-state index in [1.807, 2.05) is 0 Å². The highest BCUT2D eigenvalue weighted by atomic mass is 19.1. The predicted octanol–water partition coefficient (Wildman–Crippen LogP) is 0.492. The van der Waals surface area contributed by atoms with E-state index in [0.29, 0.717) is 11.3 Å². The molecule has 2 aromatic rings. The molecule has 1 heterocycles. The molecule has 8 nitrogen and oxygen atoms in total. The smallest absolute Gasteiger partial charge is 0.251 e. The fourth-order valence-corrected chi connectivity index (χ4v) is 3.14. The number of aliphatic hydroxyl groups is 4. The Morgan fingerprint density at radius 3 is 2.52 bits per heavy atom. The molecule has 0 saturated carbocycles. The molecule has 5 N–H and O–H groups in total. The number of halogens is 1. The van der Waals surface area contributed by atoms with Gasteiger partial charge in [0.1, 0.15) is 47.8 Å². The quantitative estimate of drug-likeness (QED) is 0.488. The summed E-state index contributed by atoms with van der Waals surface area (Å²) in [4.78, 5) is 11.8. The second-order valence-corrected chi connectivity index (χ2v) is 6.64. The molecule has 9 heteroatoms. The SMILES string of the molecule is CNC(=O)c1cccc(Oc2ccc(F)c([C@H]3O[C@H](CO)[C@@H](O)[C@H](O)[C@H]3O)c2)c1. The van der Waals surface area contributed by atoms with Crippen LogP contribution in [0.4, 0.5) is 4.39 Å². The molecule has 0 bridgehead atoms. The van der Waals surface area contributed by atoms with Crippen LogP contribution in [0, 0.1) is 5.82 Å². The molecule has 0 radical (unpaired) electrons. The summed E-state index contributed by atoms with van der Waals surface area (Å²) in [6, 6.07) is 10.1. The number of carbonyl (C=O) groups is 1. The second kappa shape index (κ2) is 8.85. The maximum atomic E-state index is 14.4. The van der Waals surface area contributed by atoms with E-state index in [9.17, 15) is 29.6 Å². The molecule has 1 aliphatic heterocycles. The van der Waals surface area contributed by atoms with Gasteiger partial charge in [-0.3, -0.25) is 4.79 Å². The fraction of sp³-hybridized carbons (Fsp3) is 0.350. The number of hydrogen-bond donors (Lipinski definition) is 5. The van der Waals surface area contributed by atoms with Gasteiger partial charge in [0, 0.05) is 18.2 Å². The van der Waals surface area contributed by atoms with Crippen molar-refractivity contribution in [3.8, 4) is 11.5 Å². The van der Waals surface area contributed by atoms with Crippen LogP contribution >= 0.6 is 0 Å². The van der Waals surface area contributed by atoms with Gasteiger partial charge in [0.2, 0.25) is 0 Å². The lowest BCUT2D eigenvalue weighted by Gasteiger charge is -2.40. The summed E-state index contributed by atoms with van der Waals surface area (Å²) < 4.78 is 25.5. The Bertz CT molecular complexity index is 876. The number of aliphatic hydroxyl groups excluding tert-OH is 4. The number of benzene rings is 2. The zero-order valence-electron chi connectivity index (χ0n) is 15.5. The summed E-state index contributed by atoms with van der Waals surface area (Å²) >= 11 is 0. The van der Waals surface area contributed by atoms with Crippen molar-refractivity contribution in [1.29, 1.82) is 0 Å². The van der Waals surface area contributed by atoms with Crippen molar-refractivity contribution in [3.05, 3.63) is 59.4 Å². The molecule has 156 valence electrons. The molecule has 0 aliphatic carbocycles. The molecule has 29 heavy (non-hydrogen) atoms. The first-order valence-corrected chi connectivity index (χ1v) is 8.95. The standard InChI is InChI=1S/C20H22FNO7/c1-22-20(27)10-3-2-4-11(7-10)28-12-5-6-14(21)13(8-12)19-18(26)17(25)16(24)15(9-23)29-19/h2-8,15-19,23-26H,9H2,1H3,(H,22,27)/t15-,16-,17+,18-,19-/m1/s1. The Labute approximate surface area is 166 Å². The average molecular weight is 407 g/mol. The van der Waals surface area contributed by atoms with Crippen molar-refractivity contribution in [2.24, 2.45) is 0 Å². The van der Waals surface area contributed by atoms with Gasteiger partial charge in [-0.2, -0.15) is 0 Å². The summed E-state index contributed by atoms with van der Waals surface area (Å²) in [5, 5.41) is 41.9. The van der Waals surface area contributed by atoms with E-state index in [1.54, 1.807) is 18.2 Å². The Balaban J connectivity index is 1.88. The largest absolute Gasteiger partial charge is 0.457 e. The van der Waals surface area contributed by atoms with Gasteiger partial charge in [-0.1, -0.05) is 6.07 Å². The predicted molar refractivity (Wildman–Crippen MR) is 99.0 cm³/mol. The third-order valence-corrected chi connectivity index (χ3v) is 4.73. The van der Waals surface area contributed by atoms with Crippen LogP contribution in [0.2, 0.25) is 0 Å². The number of amides is 1. The lowest BCUT2D eigenvalue weighted by molar-refractivity contribution is -0.232. The third kappa shape index (κ3) is 4.39. The molecule has 3 rings (SSSR count). The van der Waals surface area contributed by atoms with Crippen LogP contribution in [-0.4, -0.2) is 64.4 Å². The first-order chi connectivity index (χ1) is 13.8. The molecule has 1 saturated heterocycles. The van der Waals surface area contributed by atoms with E-state index < -0.39 is 42.9 Å². The van der Waals surface area contributed by atoms with Crippen LogP contribution < -0.4 is 10.1 Å². The van der Waals surface area contributed by atoms with Crippen LogP contribution in [0.25, 0.3) is 0 Å². The molecular weight excluding hydrogens is 385 g/mol. The minimum Gasteiger partial charge on any atom is -0.457 e. The highest BCUT2D eigenvalue weighted by Crippen LogP contribution is 2.36.